The summed E-state index contributed by atoms with van der Waals surface area (Å²) < 4.78 is 6.12. The maximum absolute atomic E-state index is 13.2. The number of rotatable bonds is 16. The number of amides is 2. The summed E-state index contributed by atoms with van der Waals surface area (Å²) in [7, 11) is 1.28. The molecule has 2 amide bonds. The van der Waals surface area contributed by atoms with Crippen molar-refractivity contribution in [2.24, 2.45) is 5.73 Å². The second kappa shape index (κ2) is 15.2. The van der Waals surface area contributed by atoms with Crippen LogP contribution in [0.25, 0.3) is 0 Å². The van der Waals surface area contributed by atoms with Crippen molar-refractivity contribution in [3.63, 3.8) is 0 Å². The quantitative estimate of drug-likeness (QED) is 0.112. The molecule has 15 heteroatoms. The Hall–Kier alpha value is -1.91. The number of carbonyl (C=O) groups excluding carboxylic acids is 2. The van der Waals surface area contributed by atoms with Crippen molar-refractivity contribution in [3.05, 3.63) is 11.3 Å². The lowest BCUT2D eigenvalue weighted by molar-refractivity contribution is -0.192. The van der Waals surface area contributed by atoms with Gasteiger partial charge in [0.25, 0.3) is 11.6 Å². The Morgan fingerprint density at radius 2 is 1.92 bits per heavy atom. The van der Waals surface area contributed by atoms with Gasteiger partial charge in [0.1, 0.15) is 21.4 Å². The molecule has 3 atom stereocenters. The van der Waals surface area contributed by atoms with E-state index in [1.807, 2.05) is 6.92 Å². The molecule has 220 valence electrons. The number of thiocarbonyl (C=S) groups is 1. The Kier molecular flexibility index (Phi) is 13.0. The number of carboxylic acids is 2. The largest absolute Gasteiger partial charge is 0.480 e. The number of hydrogen-bond donors (Lipinski definition) is 4. The number of fused-ring (bicyclic) bond motifs is 1. The first-order chi connectivity index (χ1) is 18.5. The van der Waals surface area contributed by atoms with E-state index in [0.717, 1.165) is 37.6 Å². The number of methoxy groups -OCH3 is 1. The maximum atomic E-state index is 13.2. The number of nitrogens with two attached hydrogens (primary N) is 1. The molecule has 0 bridgehead atoms. The molecular weight excluding hydrogens is 566 g/mol. The second-order valence-electron chi connectivity index (χ2n) is 9.08. The van der Waals surface area contributed by atoms with Crippen LogP contribution in [0.2, 0.25) is 0 Å². The van der Waals surface area contributed by atoms with Gasteiger partial charge in [0.15, 0.2) is 0 Å². The molecule has 0 aromatic carbocycles. The average Bonchev–Trinajstić information content (AvgIpc) is 2.91. The molecule has 2 aliphatic rings. The molecule has 2 rings (SSSR count). The van der Waals surface area contributed by atoms with Gasteiger partial charge in [-0.05, 0) is 38.4 Å². The summed E-state index contributed by atoms with van der Waals surface area (Å²) in [5.74, 6) is -2.93. The molecule has 0 spiro atoms. The summed E-state index contributed by atoms with van der Waals surface area (Å²) >= 11 is 8.32. The third-order valence-electron chi connectivity index (χ3n) is 6.79. The number of ether oxygens (including phenoxy) is 1. The highest BCUT2D eigenvalue weighted by Gasteiger charge is 2.66. The Morgan fingerprint density at radius 3 is 2.46 bits per heavy atom. The molecule has 1 fully saturated rings. The van der Waals surface area contributed by atoms with Crippen molar-refractivity contribution < 1.29 is 34.1 Å². The average molecular weight is 606 g/mol. The SMILES string of the molecule is CCN(CC)CCN(CC)C(=S)SCC1=C(C(=O)O)N2C(=O)[C@](NC(=O)CCCC(N)C(=O)O)(OC)[C@@H]2SC1. The smallest absolute Gasteiger partial charge is 0.352 e. The first kappa shape index (κ1) is 33.3. The molecule has 5 N–H and O–H groups in total. The van der Waals surface area contributed by atoms with Gasteiger partial charge in [-0.25, -0.2) is 4.79 Å². The molecule has 0 saturated carbocycles. The van der Waals surface area contributed by atoms with Crippen LogP contribution in [0.1, 0.15) is 40.0 Å². The van der Waals surface area contributed by atoms with E-state index in [2.05, 4.69) is 29.0 Å². The molecule has 2 aliphatic heterocycles. The third-order valence-corrected chi connectivity index (χ3v) is 9.77. The van der Waals surface area contributed by atoms with Crippen molar-refractivity contribution in [1.82, 2.24) is 20.0 Å². The van der Waals surface area contributed by atoms with E-state index in [1.165, 1.54) is 30.6 Å². The normalized spacial score (nSPS) is 21.3. The van der Waals surface area contributed by atoms with Gasteiger partial charge in [0.2, 0.25) is 5.91 Å². The van der Waals surface area contributed by atoms with Crippen LogP contribution in [0.3, 0.4) is 0 Å². The van der Waals surface area contributed by atoms with E-state index in [9.17, 15) is 24.3 Å². The summed E-state index contributed by atoms with van der Waals surface area (Å²) in [6, 6.07) is -1.08. The van der Waals surface area contributed by atoms with Crippen LogP contribution in [0.4, 0.5) is 0 Å². The van der Waals surface area contributed by atoms with E-state index >= 15 is 0 Å². The van der Waals surface area contributed by atoms with Crippen molar-refractivity contribution in [2.45, 2.75) is 57.2 Å². The number of carbonyl (C=O) groups is 4. The fourth-order valence-electron chi connectivity index (χ4n) is 4.35. The molecule has 12 nitrogen and oxygen atoms in total. The minimum absolute atomic E-state index is 0.0556. The van der Waals surface area contributed by atoms with Gasteiger partial charge in [-0.15, -0.1) is 11.8 Å². The second-order valence-corrected chi connectivity index (χ2v) is 11.8. The van der Waals surface area contributed by atoms with E-state index in [-0.39, 0.29) is 25.0 Å². The number of carboxylic acid groups (broad SMARTS) is 2. The molecule has 0 aliphatic carbocycles. The molecule has 1 saturated heterocycles. The minimum Gasteiger partial charge on any atom is -0.480 e. The van der Waals surface area contributed by atoms with Crippen LogP contribution in [0, 0.1) is 0 Å². The summed E-state index contributed by atoms with van der Waals surface area (Å²) in [5.41, 5.74) is 4.23. The molecule has 0 aromatic heterocycles. The first-order valence-corrected chi connectivity index (χ1v) is 15.3. The number of nitrogens with zero attached hydrogens (tertiary/aromatic N) is 3. The van der Waals surface area contributed by atoms with Gasteiger partial charge in [0, 0.05) is 44.7 Å². The van der Waals surface area contributed by atoms with E-state index < -0.39 is 40.9 Å². The minimum atomic E-state index is -1.70. The summed E-state index contributed by atoms with van der Waals surface area (Å²) in [6.45, 7) is 10.5. The van der Waals surface area contributed by atoms with Crippen molar-refractivity contribution in [3.8, 4) is 0 Å². The lowest BCUT2D eigenvalue weighted by Crippen LogP contribution is -2.80. The van der Waals surface area contributed by atoms with Gasteiger partial charge in [-0.1, -0.05) is 37.8 Å². The van der Waals surface area contributed by atoms with Crippen LogP contribution in [0.5, 0.6) is 0 Å². The number of β-lactam (4-membered cyclic amide) rings is 1. The molecule has 0 radical (unpaired) electrons. The van der Waals surface area contributed by atoms with Crippen LogP contribution >= 0.6 is 35.7 Å². The predicted molar refractivity (Wildman–Crippen MR) is 155 cm³/mol. The number of aliphatic carboxylic acids is 2. The van der Waals surface area contributed by atoms with Crippen molar-refractivity contribution in [1.29, 1.82) is 0 Å². The Bertz CT molecular complexity index is 978. The van der Waals surface area contributed by atoms with Gasteiger partial charge in [-0.3, -0.25) is 19.3 Å². The fraction of sp³-hybridized carbons (Fsp3) is 0.708. The van der Waals surface area contributed by atoms with Crippen molar-refractivity contribution >= 4 is 63.8 Å². The summed E-state index contributed by atoms with van der Waals surface area (Å²) in [5, 5.41) is 20.7. The summed E-state index contributed by atoms with van der Waals surface area (Å²) in [4.78, 5) is 54.5. The zero-order chi connectivity index (χ0) is 29.3. The lowest BCUT2D eigenvalue weighted by atomic mass is 9.98. The van der Waals surface area contributed by atoms with Crippen LogP contribution in [0.15, 0.2) is 11.3 Å². The standard InChI is InChI=1S/C24H39N5O7S3/c1-5-27(6-2)11-12-28(7-3)23(37)39-14-15-13-38-22-24(36-4,21(35)29(22)18(15)20(33)34)26-17(30)10-8-9-16(25)19(31)32/h16,22H,5-14,25H2,1-4H3,(H,26,30)(H,31,32)(H,33,34)/t16?,22-,24-/m0/s1. The molecule has 0 aromatic rings. The first-order valence-electron chi connectivity index (χ1n) is 12.9. The monoisotopic (exact) mass is 605 g/mol. The van der Waals surface area contributed by atoms with Gasteiger partial charge in [0.05, 0.1) is 0 Å². The van der Waals surface area contributed by atoms with Gasteiger partial charge >= 0.3 is 11.9 Å². The molecule has 2 heterocycles. The van der Waals surface area contributed by atoms with E-state index in [4.69, 9.17) is 27.8 Å². The summed E-state index contributed by atoms with van der Waals surface area (Å²) in [6.07, 6.45) is 0.251. The Labute approximate surface area is 243 Å². The third kappa shape index (κ3) is 7.85. The highest BCUT2D eigenvalue weighted by atomic mass is 32.2. The van der Waals surface area contributed by atoms with Crippen LogP contribution in [-0.2, 0) is 23.9 Å². The van der Waals surface area contributed by atoms with Crippen LogP contribution in [-0.4, -0.2) is 121 Å². The van der Waals surface area contributed by atoms with Gasteiger partial charge in [-0.2, -0.15) is 0 Å². The maximum Gasteiger partial charge on any atom is 0.352 e. The molecular formula is C24H39N5O7S3. The predicted octanol–water partition coefficient (Wildman–Crippen LogP) is 0.963. The highest BCUT2D eigenvalue weighted by Crippen LogP contribution is 2.47. The Balaban J connectivity index is 2.07. The van der Waals surface area contributed by atoms with Crippen molar-refractivity contribution in [2.75, 3.05) is 51.3 Å². The zero-order valence-corrected chi connectivity index (χ0v) is 25.3. The zero-order valence-electron chi connectivity index (χ0n) is 22.8. The molecule has 1 unspecified atom stereocenters. The molecule has 39 heavy (non-hydrogen) atoms. The highest BCUT2D eigenvalue weighted by molar-refractivity contribution is 8.23. The number of thioether (sulfide) groups is 2. The number of hydrogen-bond acceptors (Lipinski definition) is 10. The topological polar surface area (TPSA) is 166 Å². The van der Waals surface area contributed by atoms with E-state index in [0.29, 0.717) is 21.4 Å². The van der Waals surface area contributed by atoms with Crippen LogP contribution < -0.4 is 11.1 Å². The van der Waals surface area contributed by atoms with E-state index in [1.54, 1.807) is 0 Å². The number of nitrogens with one attached hydrogen (secondary N) is 1. The Morgan fingerprint density at radius 1 is 1.26 bits per heavy atom. The number of likely N-dealkylation sites (N-methyl/N-ethyl adjacent to an activating group) is 2. The fourth-order valence-corrected chi connectivity index (χ4v) is 7.26. The van der Waals surface area contributed by atoms with Gasteiger partial charge < -0.3 is 35.8 Å². The lowest BCUT2D eigenvalue weighted by Gasteiger charge is -2.55.